The van der Waals surface area contributed by atoms with Gasteiger partial charge in [-0.25, -0.2) is 9.18 Å². The van der Waals surface area contributed by atoms with E-state index in [1.54, 1.807) is 48.5 Å². The Kier molecular flexibility index (Phi) is 6.97. The number of alkyl halides is 3. The highest BCUT2D eigenvalue weighted by molar-refractivity contribution is 6.56. The minimum atomic E-state index is -4.78. The Morgan fingerprint density at radius 3 is 2.16 bits per heavy atom. The van der Waals surface area contributed by atoms with Gasteiger partial charge in [0.15, 0.2) is 0 Å². The van der Waals surface area contributed by atoms with Crippen LogP contribution in [0.1, 0.15) is 59.6 Å². The van der Waals surface area contributed by atoms with Crippen molar-refractivity contribution in [1.29, 1.82) is 0 Å². The molecule has 0 spiro atoms. The van der Waals surface area contributed by atoms with Crippen molar-refractivity contribution in [2.24, 2.45) is 0 Å². The van der Waals surface area contributed by atoms with E-state index in [4.69, 9.17) is 19.8 Å². The van der Waals surface area contributed by atoms with Crippen molar-refractivity contribution in [2.75, 3.05) is 12.3 Å². The molecule has 0 radical (unpaired) electrons. The lowest BCUT2D eigenvalue weighted by Gasteiger charge is -2.32. The number of halogens is 4. The molecule has 0 aromatic heterocycles. The summed E-state index contributed by atoms with van der Waals surface area (Å²) in [5.74, 6) is -1.00. The highest BCUT2D eigenvalue weighted by atomic mass is 19.4. The summed E-state index contributed by atoms with van der Waals surface area (Å²) in [6.07, 6.45) is -4.47. The lowest BCUT2D eigenvalue weighted by Crippen LogP contribution is -2.41. The first-order valence-corrected chi connectivity index (χ1v) is 10.0. The van der Waals surface area contributed by atoms with E-state index in [0.717, 1.165) is 6.08 Å². The molecular formula is C21H29BF4N2O4. The van der Waals surface area contributed by atoms with Crippen LogP contribution in [0.3, 0.4) is 0 Å². The number of nitrogens with two attached hydrogens (primary N) is 1. The van der Waals surface area contributed by atoms with Gasteiger partial charge in [0.25, 0.3) is 0 Å². The van der Waals surface area contributed by atoms with Gasteiger partial charge < -0.3 is 25.1 Å². The lowest BCUT2D eigenvalue weighted by molar-refractivity contribution is -0.137. The molecule has 0 atom stereocenters. The van der Waals surface area contributed by atoms with Gasteiger partial charge in [-0.05, 0) is 71.6 Å². The molecule has 3 N–H and O–H groups in total. The zero-order chi connectivity index (χ0) is 24.7. The van der Waals surface area contributed by atoms with Gasteiger partial charge in [-0.2, -0.15) is 13.2 Å². The summed E-state index contributed by atoms with van der Waals surface area (Å²) < 4.78 is 71.8. The van der Waals surface area contributed by atoms with E-state index in [1.165, 1.54) is 0 Å². The number of amides is 1. The zero-order valence-electron chi connectivity index (χ0n) is 19.2. The maximum absolute atomic E-state index is 14.0. The van der Waals surface area contributed by atoms with E-state index < -0.39 is 58.8 Å². The molecule has 1 amide bonds. The normalized spacial score (nSPS) is 18.6. The first kappa shape index (κ1) is 26.0. The molecule has 11 heteroatoms. The molecule has 0 saturated carbocycles. The Morgan fingerprint density at radius 1 is 1.16 bits per heavy atom. The van der Waals surface area contributed by atoms with Crippen LogP contribution in [-0.4, -0.2) is 36.6 Å². The second-order valence-corrected chi connectivity index (χ2v) is 9.62. The molecule has 0 aliphatic carbocycles. The van der Waals surface area contributed by atoms with Gasteiger partial charge in [0.2, 0.25) is 0 Å². The van der Waals surface area contributed by atoms with Crippen molar-refractivity contribution in [2.45, 2.75) is 71.4 Å². The molecule has 1 aromatic carbocycles. The molecule has 32 heavy (non-hydrogen) atoms. The van der Waals surface area contributed by atoms with Gasteiger partial charge in [-0.15, -0.1) is 0 Å². The van der Waals surface area contributed by atoms with Crippen LogP contribution < -0.4 is 11.1 Å². The third-order valence-electron chi connectivity index (χ3n) is 5.21. The maximum atomic E-state index is 14.0. The number of anilines is 1. The zero-order valence-corrected chi connectivity index (χ0v) is 19.2. The van der Waals surface area contributed by atoms with Crippen LogP contribution in [0.25, 0.3) is 6.08 Å². The fraction of sp³-hybridized carbons (Fsp3) is 0.571. The van der Waals surface area contributed by atoms with E-state index in [0.29, 0.717) is 12.1 Å². The van der Waals surface area contributed by atoms with E-state index in [9.17, 15) is 22.4 Å². The summed E-state index contributed by atoms with van der Waals surface area (Å²) >= 11 is 0. The van der Waals surface area contributed by atoms with Gasteiger partial charge >= 0.3 is 19.4 Å². The maximum Gasteiger partial charge on any atom is 0.492 e. The number of benzene rings is 1. The third kappa shape index (κ3) is 6.16. The highest BCUT2D eigenvalue weighted by Gasteiger charge is 2.52. The van der Waals surface area contributed by atoms with E-state index in [-0.39, 0.29) is 12.0 Å². The fourth-order valence-electron chi connectivity index (χ4n) is 2.86. The number of hydrogen-bond acceptors (Lipinski definition) is 5. The number of rotatable bonds is 4. The molecular weight excluding hydrogens is 431 g/mol. The molecule has 6 nitrogen and oxygen atoms in total. The van der Waals surface area contributed by atoms with Crippen LogP contribution in [0.2, 0.25) is 0 Å². The minimum Gasteiger partial charge on any atom is -0.444 e. The third-order valence-corrected chi connectivity index (χ3v) is 5.21. The van der Waals surface area contributed by atoms with Crippen LogP contribution in [0.4, 0.5) is 28.0 Å². The summed E-state index contributed by atoms with van der Waals surface area (Å²) in [5.41, 5.74) is 0.915. The summed E-state index contributed by atoms with van der Waals surface area (Å²) in [4.78, 5) is 12.1. The molecule has 1 aromatic rings. The molecule has 0 unspecified atom stereocenters. The van der Waals surface area contributed by atoms with E-state index >= 15 is 0 Å². The number of alkyl carbamates (subject to hydrolysis) is 1. The largest absolute Gasteiger partial charge is 0.492 e. The van der Waals surface area contributed by atoms with Gasteiger partial charge in [-0.1, -0.05) is 6.08 Å². The predicted molar refractivity (Wildman–Crippen MR) is 114 cm³/mol. The second kappa shape index (κ2) is 8.59. The molecule has 1 saturated heterocycles. The molecule has 178 valence electrons. The van der Waals surface area contributed by atoms with Gasteiger partial charge in [0.05, 0.1) is 22.5 Å². The SMILES string of the molecule is CC(C)(C)OC(=O)NCC(=Cc1cc(F)c(N)cc1C(F)(F)F)B1OC(C)(C)C(C)(C)O1. The number of nitrogens with one attached hydrogen (secondary N) is 1. The average Bonchev–Trinajstić information content (AvgIpc) is 2.79. The van der Waals surface area contributed by atoms with Crippen LogP contribution in [0.15, 0.2) is 17.6 Å². The number of nitrogen functional groups attached to an aromatic ring is 1. The van der Waals surface area contributed by atoms with Crippen LogP contribution in [-0.2, 0) is 20.2 Å². The van der Waals surface area contributed by atoms with Crippen molar-refractivity contribution in [3.8, 4) is 0 Å². The van der Waals surface area contributed by atoms with Crippen LogP contribution >= 0.6 is 0 Å². The first-order chi connectivity index (χ1) is 14.3. The van der Waals surface area contributed by atoms with E-state index in [1.807, 2.05) is 0 Å². The topological polar surface area (TPSA) is 82.8 Å². The summed E-state index contributed by atoms with van der Waals surface area (Å²) in [7, 11) is -1.09. The van der Waals surface area contributed by atoms with Crippen molar-refractivity contribution < 1.29 is 36.4 Å². The summed E-state index contributed by atoms with van der Waals surface area (Å²) in [5, 5.41) is 2.49. The molecule has 1 fully saturated rings. The molecule has 0 bridgehead atoms. The van der Waals surface area contributed by atoms with Crippen molar-refractivity contribution in [1.82, 2.24) is 5.32 Å². The minimum absolute atomic E-state index is 0.143. The van der Waals surface area contributed by atoms with E-state index in [2.05, 4.69) is 5.32 Å². The summed E-state index contributed by atoms with van der Waals surface area (Å²) in [6, 6.07) is 1.22. The molecule has 1 heterocycles. The highest BCUT2D eigenvalue weighted by Crippen LogP contribution is 2.40. The van der Waals surface area contributed by atoms with Gasteiger partial charge in [0, 0.05) is 6.54 Å². The monoisotopic (exact) mass is 460 g/mol. The van der Waals surface area contributed by atoms with Crippen molar-refractivity contribution in [3.05, 3.63) is 34.5 Å². The molecule has 1 aliphatic heterocycles. The standard InChI is InChI=1S/C21H29BF4N2O4/c1-18(2,3)30-17(29)28-11-13(22-31-19(4,5)20(6,7)32-22)8-12-9-15(23)16(27)10-14(12)21(24,25)26/h8-10H,11,27H2,1-7H3,(H,28,29). The summed E-state index contributed by atoms with van der Waals surface area (Å²) in [6.45, 7) is 11.9. The Labute approximate surface area is 185 Å². The molecule has 2 rings (SSSR count). The van der Waals surface area contributed by atoms with Gasteiger partial charge in [-0.3, -0.25) is 0 Å². The number of carbonyl (C=O) groups is 1. The predicted octanol–water partition coefficient (Wildman–Crippen LogP) is 4.97. The number of carbonyl (C=O) groups excluding carboxylic acids is 1. The Bertz CT molecular complexity index is 892. The molecule has 1 aliphatic rings. The van der Waals surface area contributed by atoms with Gasteiger partial charge in [0.1, 0.15) is 11.4 Å². The average molecular weight is 460 g/mol. The van der Waals surface area contributed by atoms with Crippen LogP contribution in [0, 0.1) is 5.82 Å². The van der Waals surface area contributed by atoms with Crippen molar-refractivity contribution >= 4 is 25.0 Å². The lowest BCUT2D eigenvalue weighted by atomic mass is 9.76. The number of ether oxygens (including phenoxy) is 1. The Hall–Kier alpha value is -2.27. The Balaban J connectivity index is 2.49. The second-order valence-electron chi connectivity index (χ2n) is 9.62. The first-order valence-electron chi connectivity index (χ1n) is 10.0. The number of hydrogen-bond donors (Lipinski definition) is 2. The smallest absolute Gasteiger partial charge is 0.444 e. The Morgan fingerprint density at radius 2 is 1.69 bits per heavy atom. The van der Waals surface area contributed by atoms with Crippen LogP contribution in [0.5, 0.6) is 0 Å². The quantitative estimate of drug-likeness (QED) is 0.377. The fourth-order valence-corrected chi connectivity index (χ4v) is 2.86. The van der Waals surface area contributed by atoms with Crippen molar-refractivity contribution in [3.63, 3.8) is 0 Å².